The molecule has 0 aliphatic carbocycles. The van der Waals surface area contributed by atoms with E-state index < -0.39 is 11.5 Å². The van der Waals surface area contributed by atoms with Crippen LogP contribution in [0.4, 0.5) is 4.39 Å². The molecule has 7 heteroatoms. The average Bonchev–Trinajstić information content (AvgIpc) is 2.83. The van der Waals surface area contributed by atoms with Gasteiger partial charge in [-0.3, -0.25) is 14.2 Å². The number of nitrogens with one attached hydrogen (secondary N) is 1. The number of carbonyl (C=O) groups is 1. The third kappa shape index (κ3) is 4.23. The lowest BCUT2D eigenvalue weighted by Crippen LogP contribution is -2.33. The zero-order valence-electron chi connectivity index (χ0n) is 17.8. The molecule has 0 radical (unpaired) electrons. The van der Waals surface area contributed by atoms with E-state index in [2.05, 4.69) is 10.3 Å². The maximum absolute atomic E-state index is 13.1. The van der Waals surface area contributed by atoms with Crippen molar-refractivity contribution >= 4 is 16.9 Å². The number of aryl methyl sites for hydroxylation is 1. The third-order valence-electron chi connectivity index (χ3n) is 5.28. The second-order valence-electron chi connectivity index (χ2n) is 7.28. The number of amides is 1. The van der Waals surface area contributed by atoms with Crippen molar-refractivity contribution in [3.63, 3.8) is 0 Å². The standard InChI is InChI=1S/C25H22FN3O3/c1-3-29-23-18(12-19(15-27-23)17-6-10-21(32-2)11-7-17)13-22(25(29)31)24(30)28-14-16-4-8-20(26)9-5-16/h4-13,15H,3,14H2,1-2H3,(H,28,30). The summed E-state index contributed by atoms with van der Waals surface area (Å²) in [6.45, 7) is 2.40. The van der Waals surface area contributed by atoms with Gasteiger partial charge in [0.1, 0.15) is 22.8 Å². The molecule has 2 aromatic carbocycles. The van der Waals surface area contributed by atoms with Gasteiger partial charge in [0, 0.05) is 30.2 Å². The predicted octanol–water partition coefficient (Wildman–Crippen LogP) is 4.16. The smallest absolute Gasteiger partial charge is 0.265 e. The summed E-state index contributed by atoms with van der Waals surface area (Å²) in [4.78, 5) is 30.2. The van der Waals surface area contributed by atoms with Gasteiger partial charge in [-0.25, -0.2) is 9.37 Å². The van der Waals surface area contributed by atoms with Crippen LogP contribution >= 0.6 is 0 Å². The van der Waals surface area contributed by atoms with Crippen molar-refractivity contribution in [3.8, 4) is 16.9 Å². The number of rotatable bonds is 6. The van der Waals surface area contributed by atoms with E-state index in [0.29, 0.717) is 17.6 Å². The minimum Gasteiger partial charge on any atom is -0.497 e. The van der Waals surface area contributed by atoms with Crippen LogP contribution in [0, 0.1) is 5.82 Å². The zero-order valence-corrected chi connectivity index (χ0v) is 17.8. The van der Waals surface area contributed by atoms with Gasteiger partial charge in [0.15, 0.2) is 0 Å². The molecule has 0 aliphatic rings. The molecule has 2 heterocycles. The second-order valence-corrected chi connectivity index (χ2v) is 7.28. The number of methoxy groups -OCH3 is 1. The Morgan fingerprint density at radius 1 is 1.06 bits per heavy atom. The second kappa shape index (κ2) is 9.01. The number of pyridine rings is 2. The summed E-state index contributed by atoms with van der Waals surface area (Å²) < 4.78 is 19.8. The molecule has 1 N–H and O–H groups in total. The highest BCUT2D eigenvalue weighted by atomic mass is 19.1. The fraction of sp³-hybridized carbons (Fsp3) is 0.160. The van der Waals surface area contributed by atoms with Crippen LogP contribution in [0.15, 0.2) is 71.7 Å². The van der Waals surface area contributed by atoms with E-state index in [1.54, 1.807) is 31.5 Å². The van der Waals surface area contributed by atoms with Gasteiger partial charge in [-0.05, 0) is 54.4 Å². The molecule has 2 aromatic heterocycles. The van der Waals surface area contributed by atoms with Gasteiger partial charge in [0.05, 0.1) is 7.11 Å². The maximum Gasteiger partial charge on any atom is 0.265 e. The Morgan fingerprint density at radius 3 is 2.44 bits per heavy atom. The Balaban J connectivity index is 1.69. The average molecular weight is 431 g/mol. The van der Waals surface area contributed by atoms with Gasteiger partial charge >= 0.3 is 0 Å². The highest BCUT2D eigenvalue weighted by Gasteiger charge is 2.16. The highest BCUT2D eigenvalue weighted by Crippen LogP contribution is 2.25. The monoisotopic (exact) mass is 431 g/mol. The molecule has 0 unspecified atom stereocenters. The highest BCUT2D eigenvalue weighted by molar-refractivity contribution is 5.97. The molecule has 0 saturated carbocycles. The van der Waals surface area contributed by atoms with E-state index in [-0.39, 0.29) is 17.9 Å². The van der Waals surface area contributed by atoms with Crippen LogP contribution in [0.5, 0.6) is 5.75 Å². The summed E-state index contributed by atoms with van der Waals surface area (Å²) in [7, 11) is 1.61. The van der Waals surface area contributed by atoms with E-state index in [0.717, 1.165) is 22.4 Å². The van der Waals surface area contributed by atoms with Crippen LogP contribution in [0.25, 0.3) is 22.2 Å². The van der Waals surface area contributed by atoms with Gasteiger partial charge in [0.25, 0.3) is 11.5 Å². The maximum atomic E-state index is 13.1. The minimum atomic E-state index is -0.488. The molecule has 4 aromatic rings. The van der Waals surface area contributed by atoms with Crippen molar-refractivity contribution in [1.29, 1.82) is 0 Å². The van der Waals surface area contributed by atoms with Gasteiger partial charge in [-0.15, -0.1) is 0 Å². The van der Waals surface area contributed by atoms with E-state index >= 15 is 0 Å². The van der Waals surface area contributed by atoms with Crippen molar-refractivity contribution in [3.05, 3.63) is 94.2 Å². The fourth-order valence-electron chi connectivity index (χ4n) is 3.54. The Bertz CT molecular complexity index is 1330. The SMILES string of the molecule is CCn1c(=O)c(C(=O)NCc2ccc(F)cc2)cc2cc(-c3ccc(OC)cc3)cnc21. The van der Waals surface area contributed by atoms with Crippen molar-refractivity contribution in [2.45, 2.75) is 20.0 Å². The number of aromatic nitrogens is 2. The first kappa shape index (κ1) is 21.2. The number of benzene rings is 2. The lowest BCUT2D eigenvalue weighted by molar-refractivity contribution is 0.0949. The number of nitrogens with zero attached hydrogens (tertiary/aromatic N) is 2. The molecular formula is C25H22FN3O3. The first-order valence-electron chi connectivity index (χ1n) is 10.2. The van der Waals surface area contributed by atoms with Gasteiger partial charge in [-0.1, -0.05) is 24.3 Å². The van der Waals surface area contributed by atoms with Crippen molar-refractivity contribution in [1.82, 2.24) is 14.9 Å². The predicted molar refractivity (Wildman–Crippen MR) is 121 cm³/mol. The van der Waals surface area contributed by atoms with Gasteiger partial charge in [-0.2, -0.15) is 0 Å². The number of hydrogen-bond acceptors (Lipinski definition) is 4. The summed E-state index contributed by atoms with van der Waals surface area (Å²) in [5, 5.41) is 3.43. The first-order chi connectivity index (χ1) is 15.5. The van der Waals surface area contributed by atoms with E-state index in [1.807, 2.05) is 37.3 Å². The molecule has 0 spiro atoms. The van der Waals surface area contributed by atoms with E-state index in [1.165, 1.54) is 16.7 Å². The van der Waals surface area contributed by atoms with Crippen molar-refractivity contribution in [2.75, 3.05) is 7.11 Å². The van der Waals surface area contributed by atoms with Crippen LogP contribution < -0.4 is 15.6 Å². The van der Waals surface area contributed by atoms with Crippen LogP contribution in [0.2, 0.25) is 0 Å². The van der Waals surface area contributed by atoms with Crippen LogP contribution in [-0.4, -0.2) is 22.6 Å². The Kier molecular flexibility index (Phi) is 5.98. The Hall–Kier alpha value is -4.00. The molecule has 0 aliphatic heterocycles. The normalized spacial score (nSPS) is 10.8. The minimum absolute atomic E-state index is 0.0372. The zero-order chi connectivity index (χ0) is 22.7. The molecule has 162 valence electrons. The van der Waals surface area contributed by atoms with Crippen LogP contribution in [-0.2, 0) is 13.1 Å². The van der Waals surface area contributed by atoms with Gasteiger partial charge < -0.3 is 10.1 Å². The topological polar surface area (TPSA) is 73.2 Å². The number of carbonyl (C=O) groups excluding carboxylic acids is 1. The Morgan fingerprint density at radius 2 is 1.78 bits per heavy atom. The fourth-order valence-corrected chi connectivity index (χ4v) is 3.54. The third-order valence-corrected chi connectivity index (χ3v) is 5.28. The lowest BCUT2D eigenvalue weighted by Gasteiger charge is -2.12. The molecule has 0 saturated heterocycles. The van der Waals surface area contributed by atoms with Gasteiger partial charge in [0.2, 0.25) is 0 Å². The largest absolute Gasteiger partial charge is 0.497 e. The molecular weight excluding hydrogens is 409 g/mol. The number of fused-ring (bicyclic) bond motifs is 1. The quantitative estimate of drug-likeness (QED) is 0.498. The summed E-state index contributed by atoms with van der Waals surface area (Å²) in [5.41, 5.74) is 2.69. The molecule has 4 rings (SSSR count). The molecule has 6 nitrogen and oxygen atoms in total. The van der Waals surface area contributed by atoms with Crippen molar-refractivity contribution in [2.24, 2.45) is 0 Å². The molecule has 0 fully saturated rings. The number of halogens is 1. The summed E-state index contributed by atoms with van der Waals surface area (Å²) in [5.74, 6) is -0.0821. The molecule has 0 bridgehead atoms. The summed E-state index contributed by atoms with van der Waals surface area (Å²) >= 11 is 0. The van der Waals surface area contributed by atoms with Crippen LogP contribution in [0.1, 0.15) is 22.8 Å². The molecule has 1 amide bonds. The first-order valence-corrected chi connectivity index (χ1v) is 10.2. The van der Waals surface area contributed by atoms with E-state index in [4.69, 9.17) is 4.74 Å². The summed E-state index contributed by atoms with van der Waals surface area (Å²) in [6, 6.07) is 16.9. The number of ether oxygens (including phenoxy) is 1. The number of hydrogen-bond donors (Lipinski definition) is 1. The Labute approximate surface area is 184 Å². The summed E-state index contributed by atoms with van der Waals surface area (Å²) in [6.07, 6.45) is 1.71. The molecule has 32 heavy (non-hydrogen) atoms. The molecule has 0 atom stereocenters. The van der Waals surface area contributed by atoms with Crippen molar-refractivity contribution < 1.29 is 13.9 Å². The lowest BCUT2D eigenvalue weighted by atomic mass is 10.1. The van der Waals surface area contributed by atoms with E-state index in [9.17, 15) is 14.0 Å². The van der Waals surface area contributed by atoms with Crippen LogP contribution in [0.3, 0.4) is 0 Å².